The van der Waals surface area contributed by atoms with E-state index in [9.17, 15) is 14.9 Å². The molecule has 0 aliphatic rings. The van der Waals surface area contributed by atoms with Gasteiger partial charge in [-0.1, -0.05) is 17.7 Å². The lowest BCUT2D eigenvalue weighted by Gasteiger charge is -2.15. The van der Waals surface area contributed by atoms with E-state index >= 15 is 0 Å². The number of anilines is 1. The monoisotopic (exact) mass is 365 g/mol. The number of urea groups is 1. The first-order valence-electron chi connectivity index (χ1n) is 7.15. The van der Waals surface area contributed by atoms with E-state index in [4.69, 9.17) is 21.2 Å². The molecular weight excluding hydrogens is 350 g/mol. The summed E-state index contributed by atoms with van der Waals surface area (Å²) in [5.74, 6) is 0.487. The lowest BCUT2D eigenvalue weighted by molar-refractivity contribution is -0.384. The van der Waals surface area contributed by atoms with Crippen LogP contribution in [0, 0.1) is 10.1 Å². The topological polar surface area (TPSA) is 93.9 Å². The summed E-state index contributed by atoms with van der Waals surface area (Å²) < 4.78 is 5.56. The number of ether oxygens (including phenoxy) is 1. The summed E-state index contributed by atoms with van der Waals surface area (Å²) in [6.07, 6.45) is 0. The number of hydroxylamine groups is 2. The summed E-state index contributed by atoms with van der Waals surface area (Å²) in [7, 11) is 2.86. The van der Waals surface area contributed by atoms with Gasteiger partial charge in [-0.15, -0.1) is 0 Å². The lowest BCUT2D eigenvalue weighted by atomic mass is 10.2. The zero-order valence-electron chi connectivity index (χ0n) is 13.6. The van der Waals surface area contributed by atoms with Crippen LogP contribution in [0.1, 0.15) is 5.56 Å². The number of nitrogens with one attached hydrogen (secondary N) is 1. The molecule has 0 aliphatic carbocycles. The molecule has 0 unspecified atom stereocenters. The van der Waals surface area contributed by atoms with Crippen LogP contribution in [0.15, 0.2) is 42.5 Å². The van der Waals surface area contributed by atoms with E-state index in [1.807, 2.05) is 0 Å². The molecule has 0 saturated carbocycles. The van der Waals surface area contributed by atoms with Crippen LogP contribution in [0.25, 0.3) is 0 Å². The molecule has 0 atom stereocenters. The Hall–Kier alpha value is -2.84. The van der Waals surface area contributed by atoms with Gasteiger partial charge in [-0.05, 0) is 24.3 Å². The van der Waals surface area contributed by atoms with E-state index in [1.54, 1.807) is 18.2 Å². The van der Waals surface area contributed by atoms with Crippen LogP contribution in [0.2, 0.25) is 5.02 Å². The van der Waals surface area contributed by atoms with E-state index in [2.05, 4.69) is 5.32 Å². The second-order valence-corrected chi connectivity index (χ2v) is 5.36. The third kappa shape index (κ3) is 5.07. The van der Waals surface area contributed by atoms with Gasteiger partial charge in [0.2, 0.25) is 0 Å². The number of nitro benzene ring substituents is 1. The average Bonchev–Trinajstić information content (AvgIpc) is 2.60. The molecule has 0 bridgehead atoms. The predicted octanol–water partition coefficient (Wildman–Crippen LogP) is 3.85. The van der Waals surface area contributed by atoms with Crippen molar-refractivity contribution in [3.8, 4) is 5.75 Å². The number of benzene rings is 2. The fourth-order valence-corrected chi connectivity index (χ4v) is 2.09. The van der Waals surface area contributed by atoms with Crippen molar-refractivity contribution in [1.29, 1.82) is 0 Å². The second kappa shape index (κ2) is 8.32. The maximum Gasteiger partial charge on any atom is 0.345 e. The predicted molar refractivity (Wildman–Crippen MR) is 92.7 cm³/mol. The first-order valence-corrected chi connectivity index (χ1v) is 7.53. The highest BCUT2D eigenvalue weighted by Crippen LogP contribution is 2.24. The summed E-state index contributed by atoms with van der Waals surface area (Å²) in [5.41, 5.74) is 1.21. The standard InChI is InChI=1S/C16H16ClN3O5/c1-19(24-2)16(21)18-12-4-3-11(15(17)9-12)10-25-14-7-5-13(6-8-14)20(22)23/h3-9H,10H2,1-2H3,(H,18,21). The summed E-state index contributed by atoms with van der Waals surface area (Å²) in [6.45, 7) is 0.183. The smallest absolute Gasteiger partial charge is 0.345 e. The molecule has 2 aromatic carbocycles. The Morgan fingerprint density at radius 2 is 1.96 bits per heavy atom. The van der Waals surface area contributed by atoms with Gasteiger partial charge < -0.3 is 10.1 Å². The van der Waals surface area contributed by atoms with Gasteiger partial charge in [0, 0.05) is 35.5 Å². The van der Waals surface area contributed by atoms with Crippen LogP contribution in [0.4, 0.5) is 16.2 Å². The largest absolute Gasteiger partial charge is 0.489 e. The Kier molecular flexibility index (Phi) is 6.15. The lowest BCUT2D eigenvalue weighted by Crippen LogP contribution is -2.30. The molecule has 132 valence electrons. The minimum atomic E-state index is -0.478. The van der Waals surface area contributed by atoms with Gasteiger partial charge in [0.15, 0.2) is 0 Å². The first-order chi connectivity index (χ1) is 11.9. The highest BCUT2D eigenvalue weighted by Gasteiger charge is 2.10. The molecule has 0 spiro atoms. The summed E-state index contributed by atoms with van der Waals surface area (Å²) >= 11 is 6.19. The first kappa shape index (κ1) is 18.5. The van der Waals surface area contributed by atoms with Crippen molar-refractivity contribution in [3.05, 3.63) is 63.2 Å². The average molecular weight is 366 g/mol. The number of halogens is 1. The molecule has 0 fully saturated rings. The highest BCUT2D eigenvalue weighted by atomic mass is 35.5. The van der Waals surface area contributed by atoms with Crippen LogP contribution in [0.5, 0.6) is 5.75 Å². The number of carbonyl (C=O) groups excluding carboxylic acids is 1. The zero-order valence-corrected chi connectivity index (χ0v) is 14.3. The molecule has 9 heteroatoms. The normalized spacial score (nSPS) is 10.2. The molecule has 25 heavy (non-hydrogen) atoms. The minimum Gasteiger partial charge on any atom is -0.489 e. The van der Waals surface area contributed by atoms with Crippen molar-refractivity contribution >= 4 is 29.0 Å². The van der Waals surface area contributed by atoms with E-state index in [0.717, 1.165) is 5.06 Å². The van der Waals surface area contributed by atoms with Gasteiger partial charge in [0.05, 0.1) is 12.0 Å². The molecule has 2 rings (SSSR count). The number of non-ortho nitro benzene ring substituents is 1. The highest BCUT2D eigenvalue weighted by molar-refractivity contribution is 6.31. The van der Waals surface area contributed by atoms with Crippen molar-refractivity contribution in [3.63, 3.8) is 0 Å². The Balaban J connectivity index is 1.98. The summed E-state index contributed by atoms with van der Waals surface area (Å²) in [4.78, 5) is 26.6. The Bertz CT molecular complexity index is 767. The van der Waals surface area contributed by atoms with Gasteiger partial charge in [-0.3, -0.25) is 15.0 Å². The molecule has 0 aromatic heterocycles. The molecule has 2 aromatic rings. The number of hydrogen-bond acceptors (Lipinski definition) is 5. The maximum atomic E-state index is 11.7. The van der Waals surface area contributed by atoms with Crippen LogP contribution >= 0.6 is 11.6 Å². The van der Waals surface area contributed by atoms with Crippen molar-refractivity contribution in [1.82, 2.24) is 5.06 Å². The van der Waals surface area contributed by atoms with Crippen LogP contribution in [0.3, 0.4) is 0 Å². The van der Waals surface area contributed by atoms with Crippen molar-refractivity contribution in [2.24, 2.45) is 0 Å². The molecule has 0 heterocycles. The molecule has 0 saturated heterocycles. The number of nitrogens with zero attached hydrogens (tertiary/aromatic N) is 2. The Labute approximate surface area is 149 Å². The molecular formula is C16H16ClN3O5. The van der Waals surface area contributed by atoms with Crippen molar-refractivity contribution in [2.75, 3.05) is 19.5 Å². The second-order valence-electron chi connectivity index (χ2n) is 4.96. The van der Waals surface area contributed by atoms with E-state index in [-0.39, 0.29) is 12.3 Å². The van der Waals surface area contributed by atoms with Crippen LogP contribution < -0.4 is 10.1 Å². The SMILES string of the molecule is CON(C)C(=O)Nc1ccc(COc2ccc([N+](=O)[O-])cc2)c(Cl)c1. The van der Waals surface area contributed by atoms with Crippen LogP contribution in [-0.4, -0.2) is 30.2 Å². The third-order valence-corrected chi connectivity index (χ3v) is 3.66. The minimum absolute atomic E-state index is 0.00787. The molecule has 0 aliphatic heterocycles. The quantitative estimate of drug-likeness (QED) is 0.619. The summed E-state index contributed by atoms with van der Waals surface area (Å²) in [5, 5.41) is 14.7. The molecule has 8 nitrogen and oxygen atoms in total. The number of hydrogen-bond donors (Lipinski definition) is 1. The fraction of sp³-hybridized carbons (Fsp3) is 0.188. The Morgan fingerprint density at radius 3 is 2.52 bits per heavy atom. The molecule has 0 radical (unpaired) electrons. The van der Waals surface area contributed by atoms with Crippen molar-refractivity contribution in [2.45, 2.75) is 6.61 Å². The zero-order chi connectivity index (χ0) is 18.4. The van der Waals surface area contributed by atoms with E-state index in [0.29, 0.717) is 22.0 Å². The van der Waals surface area contributed by atoms with Gasteiger partial charge in [-0.2, -0.15) is 0 Å². The fourth-order valence-electron chi connectivity index (χ4n) is 1.85. The number of rotatable bonds is 6. The summed E-state index contributed by atoms with van der Waals surface area (Å²) in [6, 6.07) is 10.3. The van der Waals surface area contributed by atoms with Gasteiger partial charge >= 0.3 is 6.03 Å². The van der Waals surface area contributed by atoms with E-state index < -0.39 is 11.0 Å². The number of carbonyl (C=O) groups is 1. The molecule has 2 amide bonds. The van der Waals surface area contributed by atoms with Gasteiger partial charge in [0.25, 0.3) is 5.69 Å². The molecule has 1 N–H and O–H groups in total. The number of amides is 2. The Morgan fingerprint density at radius 1 is 1.28 bits per heavy atom. The third-order valence-electron chi connectivity index (χ3n) is 3.31. The van der Waals surface area contributed by atoms with Gasteiger partial charge in [0.1, 0.15) is 12.4 Å². The maximum absolute atomic E-state index is 11.7. The number of nitro groups is 1. The van der Waals surface area contributed by atoms with Crippen LogP contribution in [-0.2, 0) is 11.4 Å². The van der Waals surface area contributed by atoms with Crippen molar-refractivity contribution < 1.29 is 19.3 Å². The van der Waals surface area contributed by atoms with Gasteiger partial charge in [-0.25, -0.2) is 9.86 Å². The van der Waals surface area contributed by atoms with E-state index in [1.165, 1.54) is 38.4 Å².